The van der Waals surface area contributed by atoms with Gasteiger partial charge in [0.2, 0.25) is 0 Å². The van der Waals surface area contributed by atoms with E-state index in [0.29, 0.717) is 6.79 Å². The van der Waals surface area contributed by atoms with Gasteiger partial charge in [-0.05, 0) is 0 Å². The summed E-state index contributed by atoms with van der Waals surface area (Å²) in [5, 5.41) is 0. The Morgan fingerprint density at radius 3 is 2.79 bits per heavy atom. The van der Waals surface area contributed by atoms with Crippen molar-refractivity contribution in [1.82, 2.24) is 9.80 Å². The zero-order valence-electron chi connectivity index (χ0n) is 15.0. The molecule has 0 fully saturated rings. The Hall–Kier alpha value is -1.44. The van der Waals surface area contributed by atoms with E-state index in [-0.39, 0.29) is 6.04 Å². The second-order valence-electron chi connectivity index (χ2n) is 6.34. The summed E-state index contributed by atoms with van der Waals surface area (Å²) < 4.78 is 12.1. The first kappa shape index (κ1) is 17.4. The Balaban J connectivity index is 1.65. The van der Waals surface area contributed by atoms with Gasteiger partial charge in [-0.2, -0.15) is 0 Å². The molecule has 0 unspecified atom stereocenters. The van der Waals surface area contributed by atoms with Crippen LogP contribution in [0.4, 0.5) is 0 Å². The summed E-state index contributed by atoms with van der Waals surface area (Å²) in [4.78, 5) is 14.1. The second-order valence-corrected chi connectivity index (χ2v) is 11.6. The van der Waals surface area contributed by atoms with Crippen LogP contribution in [0.3, 0.4) is 0 Å². The third kappa shape index (κ3) is 3.63. The monoisotopic (exact) mass is 443 g/mol. The molecular weight excluding hydrogens is 417 g/mol. The molecule has 2 aliphatic heterocycles. The summed E-state index contributed by atoms with van der Waals surface area (Å²) in [5.41, 5.74) is 1.27. The fraction of sp³-hybridized carbons (Fsp3) is 0.500. The van der Waals surface area contributed by atoms with E-state index in [1.807, 2.05) is 6.07 Å². The van der Waals surface area contributed by atoms with E-state index in [9.17, 15) is 0 Å². The fourth-order valence-corrected chi connectivity index (χ4v) is 5.65. The van der Waals surface area contributed by atoms with Crippen molar-refractivity contribution in [3.05, 3.63) is 35.7 Å². The number of fused-ring (bicyclic) bond motifs is 1. The van der Waals surface area contributed by atoms with Crippen molar-refractivity contribution in [2.75, 3.05) is 37.3 Å². The molecule has 0 bridgehead atoms. The normalized spacial score (nSPS) is 19.8. The topological polar surface area (TPSA) is 37.3 Å². The van der Waals surface area contributed by atoms with Crippen LogP contribution in [0.1, 0.15) is 12.5 Å². The number of aliphatic imine (C=N–C) groups is 1. The number of alkyl halides is 2. The number of hydrogen-bond donors (Lipinski definition) is 0. The Labute approximate surface area is 151 Å². The Morgan fingerprint density at radius 1 is 1.29 bits per heavy atom. The van der Waals surface area contributed by atoms with Crippen LogP contribution in [0, 0.1) is 0 Å². The fourth-order valence-electron chi connectivity index (χ4n) is 2.96. The van der Waals surface area contributed by atoms with Crippen molar-refractivity contribution in [2.24, 2.45) is 4.99 Å². The van der Waals surface area contributed by atoms with Crippen LogP contribution in [0.5, 0.6) is 11.5 Å². The number of nitrogens with zero attached hydrogens (tertiary/aromatic N) is 3. The van der Waals surface area contributed by atoms with Crippen LogP contribution in [-0.2, 0) is 6.42 Å². The quantitative estimate of drug-likeness (QED) is 0.398. The van der Waals surface area contributed by atoms with Gasteiger partial charge in [-0.15, -0.1) is 0 Å². The van der Waals surface area contributed by atoms with Crippen molar-refractivity contribution < 1.29 is 9.47 Å². The molecule has 132 valence electrons. The Morgan fingerprint density at radius 2 is 2.04 bits per heavy atom. The molecule has 24 heavy (non-hydrogen) atoms. The zero-order chi connectivity index (χ0) is 17.3. The van der Waals surface area contributed by atoms with Crippen molar-refractivity contribution in [1.29, 1.82) is 0 Å². The summed E-state index contributed by atoms with van der Waals surface area (Å²) in [6, 6.07) is 6.48. The molecule has 0 aliphatic carbocycles. The van der Waals surface area contributed by atoms with E-state index < -0.39 is 19.8 Å². The van der Waals surface area contributed by atoms with Gasteiger partial charge in [0.15, 0.2) is 0 Å². The molecule has 1 atom stereocenters. The molecule has 1 aromatic rings. The first-order valence-electron chi connectivity index (χ1n) is 8.08. The van der Waals surface area contributed by atoms with Gasteiger partial charge in [0, 0.05) is 0 Å². The maximum absolute atomic E-state index is 5.47. The van der Waals surface area contributed by atoms with Gasteiger partial charge in [0.1, 0.15) is 0 Å². The molecule has 3 rings (SSSR count). The van der Waals surface area contributed by atoms with Crippen LogP contribution in [0.2, 0.25) is 0 Å². The predicted molar refractivity (Wildman–Crippen MR) is 108 cm³/mol. The summed E-state index contributed by atoms with van der Waals surface area (Å²) in [7, 11) is 4.31. The third-order valence-electron chi connectivity index (χ3n) is 4.22. The van der Waals surface area contributed by atoms with E-state index in [4.69, 9.17) is 14.5 Å². The molecule has 2 aliphatic rings. The van der Waals surface area contributed by atoms with E-state index in [1.54, 1.807) is 0 Å². The average Bonchev–Trinajstić information content (AvgIpc) is 3.01. The van der Waals surface area contributed by atoms with Gasteiger partial charge in [0.25, 0.3) is 0 Å². The first-order valence-corrected chi connectivity index (χ1v) is 13.5. The average molecular weight is 443 g/mol. The second kappa shape index (κ2) is 7.21. The van der Waals surface area contributed by atoms with Crippen molar-refractivity contribution in [3.63, 3.8) is 0 Å². The predicted octanol–water partition coefficient (Wildman–Crippen LogP) is 3.19. The standard InChI is InChI=1S/C18H26IN3O2/c1-13-10-17(22(5)18(20-13)19(2)3)21(4)9-8-14-6-7-15-16(11-14)24-12-23-15/h6-7,10-11,13H,8-9,12H2,1-5H3/t13-/m1/s1. The molecule has 5 nitrogen and oxygen atoms in total. The van der Waals surface area contributed by atoms with Crippen molar-refractivity contribution in [3.8, 4) is 11.5 Å². The van der Waals surface area contributed by atoms with Gasteiger partial charge in [-0.1, -0.05) is 0 Å². The van der Waals surface area contributed by atoms with Crippen LogP contribution in [0.15, 0.2) is 35.1 Å². The molecule has 0 saturated heterocycles. The third-order valence-corrected chi connectivity index (χ3v) is 7.15. The molecule has 2 heterocycles. The van der Waals surface area contributed by atoms with E-state index >= 15 is 0 Å². The van der Waals surface area contributed by atoms with E-state index in [2.05, 4.69) is 58.9 Å². The molecule has 0 aromatic heterocycles. The SMILES string of the molecule is C[C@@H]1C=C(N(C)CCc2ccc3c(c2)OCO3)N(C)C(I(C)C)=N1. The Bertz CT molecular complexity index is 672. The van der Waals surface area contributed by atoms with Gasteiger partial charge in [-0.3, -0.25) is 0 Å². The summed E-state index contributed by atoms with van der Waals surface area (Å²) in [5.74, 6) is 2.97. The minimum atomic E-state index is -1.11. The first-order chi connectivity index (χ1) is 11.5. The van der Waals surface area contributed by atoms with Gasteiger partial charge >= 0.3 is 152 Å². The molecule has 0 amide bonds. The molecule has 1 aromatic carbocycles. The molecular formula is C18H26IN3O2. The minimum absolute atomic E-state index is 0.263. The van der Waals surface area contributed by atoms with Crippen LogP contribution < -0.4 is 9.47 Å². The van der Waals surface area contributed by atoms with Crippen LogP contribution in [-0.4, -0.2) is 57.0 Å². The molecule has 6 heteroatoms. The van der Waals surface area contributed by atoms with Gasteiger partial charge in [0.05, 0.1) is 0 Å². The summed E-state index contributed by atoms with van der Waals surface area (Å²) >= 11 is -1.11. The molecule has 0 spiro atoms. The molecule has 0 N–H and O–H groups in total. The number of ether oxygens (including phenoxy) is 2. The van der Waals surface area contributed by atoms with E-state index in [0.717, 1.165) is 24.5 Å². The number of rotatable bonds is 5. The number of benzene rings is 1. The molecule has 0 saturated carbocycles. The summed E-state index contributed by atoms with van der Waals surface area (Å²) in [6.07, 6.45) is 3.22. The van der Waals surface area contributed by atoms with Crippen molar-refractivity contribution >= 4 is 23.7 Å². The molecule has 0 radical (unpaired) electrons. The number of likely N-dealkylation sites (N-methyl/N-ethyl adjacent to an activating group) is 1. The van der Waals surface area contributed by atoms with E-state index in [1.165, 1.54) is 15.2 Å². The maximum atomic E-state index is 5.47. The zero-order valence-corrected chi connectivity index (χ0v) is 17.2. The number of halogens is 1. The van der Waals surface area contributed by atoms with Crippen LogP contribution >= 0.6 is 19.8 Å². The van der Waals surface area contributed by atoms with Gasteiger partial charge < -0.3 is 0 Å². The summed E-state index contributed by atoms with van der Waals surface area (Å²) in [6.45, 7) is 3.45. The number of hydrogen-bond acceptors (Lipinski definition) is 5. The van der Waals surface area contributed by atoms with Gasteiger partial charge in [-0.25, -0.2) is 0 Å². The van der Waals surface area contributed by atoms with Crippen LogP contribution in [0.25, 0.3) is 0 Å². The van der Waals surface area contributed by atoms with Crippen molar-refractivity contribution in [2.45, 2.75) is 19.4 Å². The number of amidine groups is 1. The Kier molecular flexibility index (Phi) is 5.22.